The molecule has 0 amide bonds. The second-order valence-corrected chi connectivity index (χ2v) is 3.99. The topological polar surface area (TPSA) is 25.8 Å². The van der Waals surface area contributed by atoms with Crippen molar-refractivity contribution in [3.63, 3.8) is 0 Å². The molecule has 0 saturated heterocycles. The minimum absolute atomic E-state index is 0.0198. The minimum Gasteiger partial charge on any atom is -0.224 e. The number of thioether (sulfide) groups is 1. The van der Waals surface area contributed by atoms with E-state index in [1.54, 1.807) is 0 Å². The van der Waals surface area contributed by atoms with Gasteiger partial charge in [-0.1, -0.05) is 51.1 Å². The van der Waals surface area contributed by atoms with E-state index in [9.17, 15) is 4.39 Å². The van der Waals surface area contributed by atoms with Crippen LogP contribution in [0, 0.1) is 5.82 Å². The molecule has 0 atom stereocenters. The molecule has 1 heterocycles. The summed E-state index contributed by atoms with van der Waals surface area (Å²) in [7, 11) is 0. The average molecular weight is 251 g/mol. The molecule has 1 aromatic rings. The molecular weight excluding hydrogens is 235 g/mol. The van der Waals surface area contributed by atoms with Gasteiger partial charge in [0.05, 0.1) is 5.69 Å². The predicted molar refractivity (Wildman–Crippen MR) is 64.2 cm³/mol. The molecular formula is C10H16ClFN2S. The van der Waals surface area contributed by atoms with E-state index in [-0.39, 0.29) is 11.1 Å². The normalized spacial score (nSPS) is 9.87. The van der Waals surface area contributed by atoms with Gasteiger partial charge in [0.15, 0.2) is 16.1 Å². The molecule has 0 spiro atoms. The van der Waals surface area contributed by atoms with Gasteiger partial charge < -0.3 is 0 Å². The summed E-state index contributed by atoms with van der Waals surface area (Å²) in [6.07, 6.45) is 1.83. The number of rotatable bonds is 2. The van der Waals surface area contributed by atoms with Gasteiger partial charge in [0, 0.05) is 0 Å². The molecule has 0 aliphatic carbocycles. The van der Waals surface area contributed by atoms with Crippen LogP contribution < -0.4 is 0 Å². The van der Waals surface area contributed by atoms with Crippen molar-refractivity contribution in [3.05, 3.63) is 16.7 Å². The van der Waals surface area contributed by atoms with Gasteiger partial charge in [0.25, 0.3) is 0 Å². The molecule has 0 bridgehead atoms. The van der Waals surface area contributed by atoms with Gasteiger partial charge in [0.1, 0.15) is 0 Å². The Morgan fingerprint density at radius 3 is 2.20 bits per heavy atom. The van der Waals surface area contributed by atoms with Crippen LogP contribution >= 0.6 is 23.4 Å². The summed E-state index contributed by atoms with van der Waals surface area (Å²) >= 11 is 6.95. The maximum atomic E-state index is 13.3. The molecule has 0 aromatic carbocycles. The van der Waals surface area contributed by atoms with Gasteiger partial charge in [-0.25, -0.2) is 14.4 Å². The van der Waals surface area contributed by atoms with Gasteiger partial charge in [-0.2, -0.15) is 0 Å². The molecule has 1 aromatic heterocycles. The van der Waals surface area contributed by atoms with Crippen LogP contribution in [0.4, 0.5) is 4.39 Å². The lowest BCUT2D eigenvalue weighted by Crippen LogP contribution is -2.02. The summed E-state index contributed by atoms with van der Waals surface area (Å²) in [4.78, 5) is 7.82. The third-order valence-corrected chi connectivity index (χ3v) is 2.34. The van der Waals surface area contributed by atoms with Gasteiger partial charge in [-0.3, -0.25) is 0 Å². The van der Waals surface area contributed by atoms with Crippen molar-refractivity contribution in [2.24, 2.45) is 0 Å². The van der Waals surface area contributed by atoms with Crippen LogP contribution in [0.15, 0.2) is 5.16 Å². The third-order valence-electron chi connectivity index (χ3n) is 1.55. The molecule has 2 nitrogen and oxygen atoms in total. The first kappa shape index (κ1) is 14.6. The maximum absolute atomic E-state index is 13.3. The van der Waals surface area contributed by atoms with E-state index in [0.717, 1.165) is 0 Å². The molecule has 0 fully saturated rings. The molecule has 0 unspecified atom stereocenters. The van der Waals surface area contributed by atoms with Gasteiger partial charge >= 0.3 is 0 Å². The molecule has 0 aliphatic heterocycles. The Hall–Kier alpha value is -0.350. The highest BCUT2D eigenvalue weighted by molar-refractivity contribution is 7.98. The van der Waals surface area contributed by atoms with Crippen molar-refractivity contribution in [1.29, 1.82) is 0 Å². The summed E-state index contributed by atoms with van der Waals surface area (Å²) in [6.45, 7) is 7.73. The van der Waals surface area contributed by atoms with Crippen molar-refractivity contribution >= 4 is 23.4 Å². The lowest BCUT2D eigenvalue weighted by molar-refractivity contribution is 0.566. The number of nitrogens with zero attached hydrogens (tertiary/aromatic N) is 2. The van der Waals surface area contributed by atoms with Crippen LogP contribution in [0.1, 0.15) is 39.3 Å². The SMILES string of the molecule is CC.CSc1nc(Cl)c(F)c(C(C)C)n1. The first-order valence-electron chi connectivity index (χ1n) is 4.83. The van der Waals surface area contributed by atoms with Crippen molar-refractivity contribution in [3.8, 4) is 0 Å². The highest BCUT2D eigenvalue weighted by Gasteiger charge is 2.14. The molecule has 15 heavy (non-hydrogen) atoms. The Morgan fingerprint density at radius 2 is 1.80 bits per heavy atom. The number of hydrogen-bond acceptors (Lipinski definition) is 3. The van der Waals surface area contributed by atoms with E-state index < -0.39 is 5.82 Å². The Balaban J connectivity index is 0.000000921. The van der Waals surface area contributed by atoms with Crippen molar-refractivity contribution in [2.45, 2.75) is 38.8 Å². The van der Waals surface area contributed by atoms with E-state index in [2.05, 4.69) is 9.97 Å². The van der Waals surface area contributed by atoms with Crippen LogP contribution in [0.3, 0.4) is 0 Å². The summed E-state index contributed by atoms with van der Waals surface area (Å²) < 4.78 is 13.3. The molecule has 5 heteroatoms. The average Bonchev–Trinajstić information content (AvgIpc) is 2.24. The lowest BCUT2D eigenvalue weighted by atomic mass is 10.1. The summed E-state index contributed by atoms with van der Waals surface area (Å²) in [5, 5.41) is 0.415. The number of aromatic nitrogens is 2. The predicted octanol–water partition coefficient (Wildman–Crippen LogP) is 4.14. The molecule has 0 saturated carbocycles. The largest absolute Gasteiger partial charge is 0.224 e. The minimum atomic E-state index is -0.505. The maximum Gasteiger partial charge on any atom is 0.189 e. The molecule has 0 aliphatic rings. The Bertz CT molecular complexity index is 319. The van der Waals surface area contributed by atoms with E-state index in [1.165, 1.54) is 11.8 Å². The Morgan fingerprint density at radius 1 is 1.27 bits per heavy atom. The van der Waals surface area contributed by atoms with E-state index >= 15 is 0 Å². The van der Waals surface area contributed by atoms with Crippen molar-refractivity contribution in [1.82, 2.24) is 9.97 Å². The molecule has 1 rings (SSSR count). The van der Waals surface area contributed by atoms with Gasteiger partial charge in [-0.05, 0) is 12.2 Å². The third kappa shape index (κ3) is 3.95. The van der Waals surface area contributed by atoms with Crippen molar-refractivity contribution in [2.75, 3.05) is 6.26 Å². The number of hydrogen-bond donors (Lipinski definition) is 0. The molecule has 86 valence electrons. The zero-order valence-corrected chi connectivity index (χ0v) is 11.2. The highest BCUT2D eigenvalue weighted by Crippen LogP contribution is 2.23. The van der Waals surface area contributed by atoms with E-state index in [1.807, 2.05) is 34.0 Å². The lowest BCUT2D eigenvalue weighted by Gasteiger charge is -2.07. The fourth-order valence-electron chi connectivity index (χ4n) is 0.890. The van der Waals surface area contributed by atoms with Crippen molar-refractivity contribution < 1.29 is 4.39 Å². The Kier molecular flexibility index (Phi) is 6.85. The molecule has 0 N–H and O–H groups in total. The Labute approximate surface area is 99.7 Å². The van der Waals surface area contributed by atoms with Crippen LogP contribution in [-0.4, -0.2) is 16.2 Å². The van der Waals surface area contributed by atoms with Crippen LogP contribution in [0.2, 0.25) is 5.15 Å². The van der Waals surface area contributed by atoms with Crippen LogP contribution in [0.5, 0.6) is 0 Å². The summed E-state index contributed by atoms with van der Waals surface area (Å²) in [5.74, 6) is -0.485. The summed E-state index contributed by atoms with van der Waals surface area (Å²) in [6, 6.07) is 0. The van der Waals surface area contributed by atoms with Gasteiger partial charge in [-0.15, -0.1) is 0 Å². The fraction of sp³-hybridized carbons (Fsp3) is 0.600. The first-order valence-corrected chi connectivity index (χ1v) is 6.43. The van der Waals surface area contributed by atoms with Crippen LogP contribution in [0.25, 0.3) is 0 Å². The van der Waals surface area contributed by atoms with E-state index in [0.29, 0.717) is 10.9 Å². The quantitative estimate of drug-likeness (QED) is 0.448. The number of halogens is 2. The zero-order chi connectivity index (χ0) is 12.0. The second-order valence-electron chi connectivity index (χ2n) is 2.86. The fourth-order valence-corrected chi connectivity index (χ4v) is 1.49. The van der Waals surface area contributed by atoms with E-state index in [4.69, 9.17) is 11.6 Å². The zero-order valence-electron chi connectivity index (χ0n) is 9.64. The summed E-state index contributed by atoms with van der Waals surface area (Å²) in [5.41, 5.74) is 0.379. The molecule has 0 radical (unpaired) electrons. The smallest absolute Gasteiger partial charge is 0.189 e. The monoisotopic (exact) mass is 250 g/mol. The van der Waals surface area contributed by atoms with Crippen LogP contribution in [-0.2, 0) is 0 Å². The standard InChI is InChI=1S/C8H10ClFN2S.C2H6/c1-4(2)6-5(10)7(9)12-8(11-6)13-3;1-2/h4H,1-3H3;1-2H3. The van der Waals surface area contributed by atoms with Gasteiger partial charge in [0.2, 0.25) is 0 Å². The second kappa shape index (κ2) is 7.01. The highest BCUT2D eigenvalue weighted by atomic mass is 35.5. The first-order chi connectivity index (χ1) is 7.06.